The van der Waals surface area contributed by atoms with Crippen LogP contribution in [0.25, 0.3) is 0 Å². The predicted octanol–water partition coefficient (Wildman–Crippen LogP) is 5.36. The van der Waals surface area contributed by atoms with Crippen LogP contribution in [0.5, 0.6) is 0 Å². The maximum atomic E-state index is 12.7. The van der Waals surface area contributed by atoms with Crippen LogP contribution in [0.15, 0.2) is 72.8 Å². The van der Waals surface area contributed by atoms with E-state index in [0.29, 0.717) is 16.3 Å². The van der Waals surface area contributed by atoms with Crippen molar-refractivity contribution in [1.29, 1.82) is 0 Å². The van der Waals surface area contributed by atoms with Gasteiger partial charge in [-0.1, -0.05) is 54.9 Å². The smallest absolute Gasteiger partial charge is 0.251 e. The lowest BCUT2D eigenvalue weighted by atomic mass is 10.0. The van der Waals surface area contributed by atoms with Gasteiger partial charge in [0.05, 0.1) is 24.5 Å². The maximum absolute atomic E-state index is 12.7. The molecule has 1 N–H and O–H groups in total. The van der Waals surface area contributed by atoms with Gasteiger partial charge in [-0.2, -0.15) is 0 Å². The first kappa shape index (κ1) is 23.8. The number of carbonyl (C=O) groups is 1. The maximum Gasteiger partial charge on any atom is 0.251 e. The van der Waals surface area contributed by atoms with E-state index in [4.69, 9.17) is 11.6 Å². The predicted molar refractivity (Wildman–Crippen MR) is 131 cm³/mol. The van der Waals surface area contributed by atoms with Crippen molar-refractivity contribution in [3.63, 3.8) is 0 Å². The van der Waals surface area contributed by atoms with Gasteiger partial charge in [-0.15, -0.1) is 0 Å². The molecule has 32 heavy (non-hydrogen) atoms. The van der Waals surface area contributed by atoms with E-state index in [1.165, 1.54) is 9.87 Å². The molecule has 1 atom stereocenters. The van der Waals surface area contributed by atoms with Crippen molar-refractivity contribution in [2.45, 2.75) is 32.9 Å². The highest BCUT2D eigenvalue weighted by Crippen LogP contribution is 2.23. The van der Waals surface area contributed by atoms with Crippen LogP contribution < -0.4 is 9.62 Å². The zero-order chi connectivity index (χ0) is 23.3. The van der Waals surface area contributed by atoms with Crippen LogP contribution in [0.4, 0.5) is 5.69 Å². The molecule has 3 aromatic rings. The minimum Gasteiger partial charge on any atom is -0.346 e. The van der Waals surface area contributed by atoms with Crippen molar-refractivity contribution >= 4 is 33.2 Å². The van der Waals surface area contributed by atoms with E-state index < -0.39 is 10.0 Å². The molecular weight excluding hydrogens is 444 g/mol. The van der Waals surface area contributed by atoms with Gasteiger partial charge >= 0.3 is 0 Å². The second-order valence-electron chi connectivity index (χ2n) is 7.73. The SMILES string of the molecule is CCc1ccc([C@H](C)NC(=O)c2ccc(N(Cc3ccc(Cl)cc3)S(C)(=O)=O)cc2)cc1. The number of hydrogen-bond acceptors (Lipinski definition) is 3. The lowest BCUT2D eigenvalue weighted by Crippen LogP contribution is -2.29. The quantitative estimate of drug-likeness (QED) is 0.482. The Bertz CT molecular complexity index is 1160. The summed E-state index contributed by atoms with van der Waals surface area (Å²) in [6, 6.07) is 21.6. The molecule has 0 heterocycles. The van der Waals surface area contributed by atoms with Gasteiger partial charge in [-0.25, -0.2) is 8.42 Å². The van der Waals surface area contributed by atoms with Crippen LogP contribution >= 0.6 is 11.6 Å². The van der Waals surface area contributed by atoms with E-state index >= 15 is 0 Å². The van der Waals surface area contributed by atoms with E-state index in [0.717, 1.165) is 23.8 Å². The average molecular weight is 471 g/mol. The van der Waals surface area contributed by atoms with E-state index in [-0.39, 0.29) is 18.5 Å². The highest BCUT2D eigenvalue weighted by Gasteiger charge is 2.19. The van der Waals surface area contributed by atoms with Gasteiger partial charge in [-0.05, 0) is 66.4 Å². The fourth-order valence-corrected chi connectivity index (χ4v) is 4.35. The van der Waals surface area contributed by atoms with E-state index in [1.807, 2.05) is 19.1 Å². The monoisotopic (exact) mass is 470 g/mol. The Morgan fingerprint density at radius 1 is 0.938 bits per heavy atom. The number of carbonyl (C=O) groups excluding carboxylic acids is 1. The Kier molecular flexibility index (Phi) is 7.59. The van der Waals surface area contributed by atoms with Gasteiger partial charge in [-0.3, -0.25) is 9.10 Å². The summed E-state index contributed by atoms with van der Waals surface area (Å²) >= 11 is 5.92. The third-order valence-electron chi connectivity index (χ3n) is 5.29. The number of hydrogen-bond donors (Lipinski definition) is 1. The second-order valence-corrected chi connectivity index (χ2v) is 10.1. The molecule has 0 radical (unpaired) electrons. The van der Waals surface area contributed by atoms with E-state index in [1.54, 1.807) is 48.5 Å². The Morgan fingerprint density at radius 2 is 1.50 bits per heavy atom. The molecule has 0 aliphatic carbocycles. The molecule has 0 aliphatic rings. The van der Waals surface area contributed by atoms with Crippen LogP contribution in [-0.4, -0.2) is 20.6 Å². The van der Waals surface area contributed by atoms with Gasteiger partial charge in [0.15, 0.2) is 0 Å². The third-order valence-corrected chi connectivity index (χ3v) is 6.69. The summed E-state index contributed by atoms with van der Waals surface area (Å²) in [5.41, 5.74) is 4.03. The van der Waals surface area contributed by atoms with Crippen molar-refractivity contribution in [2.24, 2.45) is 0 Å². The topological polar surface area (TPSA) is 66.5 Å². The van der Waals surface area contributed by atoms with Gasteiger partial charge in [0, 0.05) is 10.6 Å². The largest absolute Gasteiger partial charge is 0.346 e. The van der Waals surface area contributed by atoms with Crippen LogP contribution in [0.3, 0.4) is 0 Å². The molecule has 0 saturated heterocycles. The number of halogens is 1. The fraction of sp³-hybridized carbons (Fsp3) is 0.240. The molecule has 0 bridgehead atoms. The lowest BCUT2D eigenvalue weighted by molar-refractivity contribution is 0.0940. The molecule has 168 valence electrons. The van der Waals surface area contributed by atoms with Crippen molar-refractivity contribution in [2.75, 3.05) is 10.6 Å². The molecule has 0 spiro atoms. The second kappa shape index (κ2) is 10.2. The van der Waals surface area contributed by atoms with Gasteiger partial charge < -0.3 is 5.32 Å². The summed E-state index contributed by atoms with van der Waals surface area (Å²) in [6.07, 6.45) is 2.13. The Balaban J connectivity index is 1.73. The summed E-state index contributed by atoms with van der Waals surface area (Å²) in [5, 5.41) is 3.58. The molecule has 0 fully saturated rings. The summed E-state index contributed by atoms with van der Waals surface area (Å²) in [7, 11) is -3.52. The summed E-state index contributed by atoms with van der Waals surface area (Å²) < 4.78 is 26.1. The molecule has 0 unspecified atom stereocenters. The third kappa shape index (κ3) is 6.11. The molecule has 5 nitrogen and oxygen atoms in total. The normalized spacial score (nSPS) is 12.2. The van der Waals surface area contributed by atoms with Gasteiger partial charge in [0.1, 0.15) is 0 Å². The fourth-order valence-electron chi connectivity index (χ4n) is 3.34. The number of nitrogens with zero attached hydrogens (tertiary/aromatic N) is 1. The molecule has 1 amide bonds. The number of amides is 1. The first-order valence-corrected chi connectivity index (χ1v) is 12.6. The van der Waals surface area contributed by atoms with E-state index in [9.17, 15) is 13.2 Å². The lowest BCUT2D eigenvalue weighted by Gasteiger charge is -2.23. The van der Waals surface area contributed by atoms with Crippen LogP contribution in [-0.2, 0) is 23.0 Å². The molecule has 3 aromatic carbocycles. The summed E-state index contributed by atoms with van der Waals surface area (Å²) in [5.74, 6) is -0.216. The van der Waals surface area contributed by atoms with Gasteiger partial charge in [0.25, 0.3) is 5.91 Å². The minimum atomic E-state index is -3.52. The molecule has 0 aliphatic heterocycles. The molecule has 0 aromatic heterocycles. The Morgan fingerprint density at radius 3 is 2.03 bits per heavy atom. The summed E-state index contributed by atoms with van der Waals surface area (Å²) in [4.78, 5) is 12.7. The number of anilines is 1. The van der Waals surface area contributed by atoms with Crippen LogP contribution in [0, 0.1) is 0 Å². The number of aryl methyl sites for hydroxylation is 1. The molecular formula is C25H27ClN2O3S. The van der Waals surface area contributed by atoms with Crippen molar-refractivity contribution in [3.8, 4) is 0 Å². The highest BCUT2D eigenvalue weighted by atomic mass is 35.5. The van der Waals surface area contributed by atoms with Crippen molar-refractivity contribution in [1.82, 2.24) is 5.32 Å². The number of sulfonamides is 1. The summed E-state index contributed by atoms with van der Waals surface area (Å²) in [6.45, 7) is 4.21. The zero-order valence-electron chi connectivity index (χ0n) is 18.4. The van der Waals surface area contributed by atoms with Crippen LogP contribution in [0.2, 0.25) is 5.02 Å². The number of benzene rings is 3. The highest BCUT2D eigenvalue weighted by molar-refractivity contribution is 7.92. The Labute approximate surface area is 195 Å². The number of rotatable bonds is 8. The zero-order valence-corrected chi connectivity index (χ0v) is 20.0. The molecule has 0 saturated carbocycles. The van der Waals surface area contributed by atoms with Gasteiger partial charge in [0.2, 0.25) is 10.0 Å². The number of nitrogens with one attached hydrogen (secondary N) is 1. The molecule has 3 rings (SSSR count). The van der Waals surface area contributed by atoms with Crippen molar-refractivity contribution in [3.05, 3.63) is 100 Å². The van der Waals surface area contributed by atoms with Crippen LogP contribution in [0.1, 0.15) is 46.9 Å². The van der Waals surface area contributed by atoms with Crippen molar-refractivity contribution < 1.29 is 13.2 Å². The standard InChI is InChI=1S/C25H27ClN2O3S/c1-4-19-5-9-21(10-6-19)18(2)27-25(29)22-11-15-24(16-12-22)28(32(3,30)31)17-20-7-13-23(26)14-8-20/h5-16,18H,4,17H2,1-3H3,(H,27,29)/t18-/m0/s1. The molecule has 7 heteroatoms. The average Bonchev–Trinajstić information content (AvgIpc) is 2.78. The first-order valence-electron chi connectivity index (χ1n) is 10.4. The van der Waals surface area contributed by atoms with E-state index in [2.05, 4.69) is 24.4 Å². The first-order chi connectivity index (χ1) is 15.2. The Hall–Kier alpha value is -2.83. The minimum absolute atomic E-state index is 0.148.